The third-order valence-electron chi connectivity index (χ3n) is 2.80. The number of imidazole rings is 1. The second-order valence-corrected chi connectivity index (χ2v) is 5.45. The number of benzene rings is 1. The maximum atomic E-state index is 5.94. The van der Waals surface area contributed by atoms with Gasteiger partial charge in [-0.05, 0) is 43.7 Å². The molecule has 0 aliphatic heterocycles. The number of thiazole rings is 1. The molecule has 0 saturated carbocycles. The number of ether oxygens (including phenoxy) is 1. The molecule has 0 aliphatic rings. The van der Waals surface area contributed by atoms with Gasteiger partial charge < -0.3 is 10.5 Å². The molecule has 0 bridgehead atoms. The monoisotopic (exact) mass is 273 g/mol. The van der Waals surface area contributed by atoms with Gasteiger partial charge in [-0.15, -0.1) is 11.3 Å². The van der Waals surface area contributed by atoms with E-state index in [1.807, 2.05) is 42.5 Å². The number of nitrogen functional groups attached to an aromatic ring is 1. The van der Waals surface area contributed by atoms with Crippen LogP contribution in [0.25, 0.3) is 16.2 Å². The number of aromatic nitrogens is 2. The van der Waals surface area contributed by atoms with Crippen LogP contribution in [0.1, 0.15) is 13.8 Å². The van der Waals surface area contributed by atoms with Crippen LogP contribution in [0.5, 0.6) is 5.75 Å². The highest BCUT2D eigenvalue weighted by Crippen LogP contribution is 2.29. The third kappa shape index (κ3) is 2.17. The van der Waals surface area contributed by atoms with Gasteiger partial charge in [0.25, 0.3) is 0 Å². The Morgan fingerprint density at radius 1 is 1.26 bits per heavy atom. The van der Waals surface area contributed by atoms with E-state index in [0.29, 0.717) is 5.82 Å². The first-order valence-corrected chi connectivity index (χ1v) is 7.00. The van der Waals surface area contributed by atoms with Crippen LogP contribution in [0.3, 0.4) is 0 Å². The Morgan fingerprint density at radius 3 is 2.68 bits per heavy atom. The first kappa shape index (κ1) is 12.0. The standard InChI is InChI=1S/C14H15N3OS/c1-9(2)18-11-5-3-10(4-6-11)12-8-19-14-16-7-13(15)17(12)14/h3-9H,15H2,1-2H3. The molecule has 1 aromatic carbocycles. The molecule has 5 heteroatoms. The van der Waals surface area contributed by atoms with Gasteiger partial charge in [-0.2, -0.15) is 0 Å². The van der Waals surface area contributed by atoms with Gasteiger partial charge in [0, 0.05) is 5.38 Å². The zero-order chi connectivity index (χ0) is 13.4. The molecule has 2 aromatic heterocycles. The number of hydrogen-bond donors (Lipinski definition) is 1. The van der Waals surface area contributed by atoms with Crippen molar-refractivity contribution in [3.63, 3.8) is 0 Å². The van der Waals surface area contributed by atoms with Crippen LogP contribution >= 0.6 is 11.3 Å². The van der Waals surface area contributed by atoms with Gasteiger partial charge in [-0.25, -0.2) is 4.98 Å². The van der Waals surface area contributed by atoms with Crippen LogP contribution < -0.4 is 10.5 Å². The highest BCUT2D eigenvalue weighted by Gasteiger charge is 2.10. The first-order chi connectivity index (χ1) is 9.15. The predicted molar refractivity (Wildman–Crippen MR) is 78.7 cm³/mol. The summed E-state index contributed by atoms with van der Waals surface area (Å²) in [6.45, 7) is 4.03. The fraction of sp³-hybridized carbons (Fsp3) is 0.214. The lowest BCUT2D eigenvalue weighted by molar-refractivity contribution is 0.242. The van der Waals surface area contributed by atoms with Gasteiger partial charge in [0.1, 0.15) is 11.6 Å². The summed E-state index contributed by atoms with van der Waals surface area (Å²) in [6, 6.07) is 8.04. The Kier molecular flexibility index (Phi) is 2.91. The van der Waals surface area contributed by atoms with E-state index in [4.69, 9.17) is 10.5 Å². The molecule has 0 amide bonds. The van der Waals surface area contributed by atoms with Crippen LogP contribution in [0.2, 0.25) is 0 Å². The van der Waals surface area contributed by atoms with Gasteiger partial charge in [-0.1, -0.05) is 0 Å². The van der Waals surface area contributed by atoms with Gasteiger partial charge in [0.2, 0.25) is 0 Å². The van der Waals surface area contributed by atoms with Crippen molar-refractivity contribution in [3.05, 3.63) is 35.8 Å². The molecule has 0 spiro atoms. The summed E-state index contributed by atoms with van der Waals surface area (Å²) >= 11 is 1.59. The molecular formula is C14H15N3OS. The zero-order valence-electron chi connectivity index (χ0n) is 10.8. The molecule has 19 heavy (non-hydrogen) atoms. The topological polar surface area (TPSA) is 52.5 Å². The van der Waals surface area contributed by atoms with Crippen LogP contribution in [0, 0.1) is 0 Å². The minimum Gasteiger partial charge on any atom is -0.491 e. The molecule has 0 aliphatic carbocycles. The van der Waals surface area contributed by atoms with E-state index < -0.39 is 0 Å². The van der Waals surface area contributed by atoms with Crippen molar-refractivity contribution in [2.75, 3.05) is 5.73 Å². The quantitative estimate of drug-likeness (QED) is 0.795. The second-order valence-electron chi connectivity index (χ2n) is 4.61. The number of anilines is 1. The number of rotatable bonds is 3. The fourth-order valence-electron chi connectivity index (χ4n) is 2.01. The maximum absolute atomic E-state index is 5.94. The van der Waals surface area contributed by atoms with Gasteiger partial charge >= 0.3 is 0 Å². The van der Waals surface area contributed by atoms with E-state index in [0.717, 1.165) is 22.0 Å². The summed E-state index contributed by atoms with van der Waals surface area (Å²) in [6.07, 6.45) is 1.87. The van der Waals surface area contributed by atoms with E-state index in [2.05, 4.69) is 10.4 Å². The minimum absolute atomic E-state index is 0.183. The summed E-state index contributed by atoms with van der Waals surface area (Å²) in [5, 5.41) is 2.07. The highest BCUT2D eigenvalue weighted by molar-refractivity contribution is 7.15. The molecule has 4 nitrogen and oxygen atoms in total. The number of hydrogen-bond acceptors (Lipinski definition) is 4. The highest BCUT2D eigenvalue weighted by atomic mass is 32.1. The Balaban J connectivity index is 2.00. The first-order valence-electron chi connectivity index (χ1n) is 6.12. The van der Waals surface area contributed by atoms with Gasteiger partial charge in [-0.3, -0.25) is 4.40 Å². The summed E-state index contributed by atoms with van der Waals surface area (Å²) in [7, 11) is 0. The van der Waals surface area contributed by atoms with Crippen molar-refractivity contribution in [1.82, 2.24) is 9.38 Å². The molecule has 3 aromatic rings. The lowest BCUT2D eigenvalue weighted by Crippen LogP contribution is -2.05. The maximum Gasteiger partial charge on any atom is 0.195 e. The molecule has 0 saturated heterocycles. The van der Waals surface area contributed by atoms with E-state index in [9.17, 15) is 0 Å². The van der Waals surface area contributed by atoms with Crippen molar-refractivity contribution in [2.45, 2.75) is 20.0 Å². The van der Waals surface area contributed by atoms with Crippen LogP contribution in [0.15, 0.2) is 35.8 Å². The normalized spacial score (nSPS) is 11.3. The molecule has 0 fully saturated rings. The smallest absolute Gasteiger partial charge is 0.195 e. The number of nitrogens with two attached hydrogens (primary N) is 1. The van der Waals surface area contributed by atoms with E-state index in [1.165, 1.54) is 0 Å². The third-order valence-corrected chi connectivity index (χ3v) is 3.64. The van der Waals surface area contributed by atoms with Crippen LogP contribution in [-0.4, -0.2) is 15.5 Å². The Labute approximate surface area is 115 Å². The molecule has 0 atom stereocenters. The van der Waals surface area contributed by atoms with Crippen LogP contribution in [0.4, 0.5) is 5.82 Å². The summed E-state index contributed by atoms with van der Waals surface area (Å²) in [5.41, 5.74) is 8.10. The Morgan fingerprint density at radius 2 is 2.00 bits per heavy atom. The lowest BCUT2D eigenvalue weighted by Gasteiger charge is -2.10. The average Bonchev–Trinajstić information content (AvgIpc) is 2.94. The van der Waals surface area contributed by atoms with Crippen molar-refractivity contribution in [2.24, 2.45) is 0 Å². The summed E-state index contributed by atoms with van der Waals surface area (Å²) in [4.78, 5) is 5.17. The number of fused-ring (bicyclic) bond motifs is 1. The molecule has 2 N–H and O–H groups in total. The second kappa shape index (κ2) is 4.59. The van der Waals surface area contributed by atoms with Gasteiger partial charge in [0.15, 0.2) is 4.96 Å². The minimum atomic E-state index is 0.183. The molecule has 98 valence electrons. The van der Waals surface area contributed by atoms with E-state index >= 15 is 0 Å². The van der Waals surface area contributed by atoms with Crippen molar-refractivity contribution >= 4 is 22.1 Å². The van der Waals surface area contributed by atoms with Crippen LogP contribution in [-0.2, 0) is 0 Å². The molecular weight excluding hydrogens is 258 g/mol. The summed E-state index contributed by atoms with van der Waals surface area (Å²) in [5.74, 6) is 1.54. The number of nitrogens with zero attached hydrogens (tertiary/aromatic N) is 2. The fourth-order valence-corrected chi connectivity index (χ4v) is 2.89. The van der Waals surface area contributed by atoms with E-state index in [1.54, 1.807) is 17.5 Å². The average molecular weight is 273 g/mol. The zero-order valence-corrected chi connectivity index (χ0v) is 11.6. The SMILES string of the molecule is CC(C)Oc1ccc(-c2csc3ncc(N)n23)cc1. The molecule has 0 radical (unpaired) electrons. The van der Waals surface area contributed by atoms with Gasteiger partial charge in [0.05, 0.1) is 18.0 Å². The summed E-state index contributed by atoms with van der Waals surface area (Å²) < 4.78 is 7.60. The molecule has 3 rings (SSSR count). The Hall–Kier alpha value is -2.01. The van der Waals surface area contributed by atoms with Crippen molar-refractivity contribution < 1.29 is 4.74 Å². The molecule has 0 unspecified atom stereocenters. The van der Waals surface area contributed by atoms with Crippen molar-refractivity contribution in [3.8, 4) is 17.0 Å². The Bertz CT molecular complexity index is 697. The lowest BCUT2D eigenvalue weighted by atomic mass is 10.1. The van der Waals surface area contributed by atoms with E-state index in [-0.39, 0.29) is 6.10 Å². The van der Waals surface area contributed by atoms with Crippen molar-refractivity contribution in [1.29, 1.82) is 0 Å². The predicted octanol–water partition coefficient (Wildman–Crippen LogP) is 3.43. The largest absolute Gasteiger partial charge is 0.491 e. The molecule has 2 heterocycles.